The predicted molar refractivity (Wildman–Crippen MR) is 111 cm³/mol. The van der Waals surface area contributed by atoms with Gasteiger partial charge in [0.2, 0.25) is 0 Å². The Hall–Kier alpha value is -2.58. The molecule has 0 bridgehead atoms. The number of para-hydroxylation sites is 2. The van der Waals surface area contributed by atoms with Gasteiger partial charge >= 0.3 is 0 Å². The van der Waals surface area contributed by atoms with E-state index >= 15 is 0 Å². The summed E-state index contributed by atoms with van der Waals surface area (Å²) in [5.41, 5.74) is 7.19. The lowest BCUT2D eigenvalue weighted by atomic mass is 10.3. The zero-order chi connectivity index (χ0) is 18.5. The number of hydrogen-bond donors (Lipinski definition) is 3. The van der Waals surface area contributed by atoms with Crippen LogP contribution in [0, 0.1) is 0 Å². The Morgan fingerprint density at radius 2 is 1.81 bits per heavy atom. The van der Waals surface area contributed by atoms with Gasteiger partial charge in [0.25, 0.3) is 0 Å². The summed E-state index contributed by atoms with van der Waals surface area (Å²) in [4.78, 5) is 8.43. The smallest absolute Gasteiger partial charge is 0.183 e. The van der Waals surface area contributed by atoms with Crippen molar-refractivity contribution in [2.45, 2.75) is 13.3 Å². The van der Waals surface area contributed by atoms with Crippen LogP contribution < -0.4 is 15.8 Å². The lowest BCUT2D eigenvalue weighted by Gasteiger charge is -2.03. The summed E-state index contributed by atoms with van der Waals surface area (Å²) in [7, 11) is 1.81. The van der Waals surface area contributed by atoms with E-state index in [1.807, 2.05) is 37.4 Å². The average molecular weight is 389 g/mol. The van der Waals surface area contributed by atoms with Crippen LogP contribution in [0.5, 0.6) is 11.5 Å². The second-order valence-electron chi connectivity index (χ2n) is 5.40. The summed E-state index contributed by atoms with van der Waals surface area (Å²) >= 11 is 3.02. The highest BCUT2D eigenvalue weighted by molar-refractivity contribution is 7.22. The molecule has 0 aliphatic rings. The number of fused-ring (bicyclic) bond motifs is 2. The van der Waals surface area contributed by atoms with E-state index in [4.69, 9.17) is 10.5 Å². The molecule has 8 heteroatoms. The molecule has 4 N–H and O–H groups in total. The van der Waals surface area contributed by atoms with E-state index in [1.165, 1.54) is 22.7 Å². The van der Waals surface area contributed by atoms with Crippen molar-refractivity contribution in [1.29, 1.82) is 0 Å². The normalized spacial score (nSPS) is 10.5. The van der Waals surface area contributed by atoms with Gasteiger partial charge in [0.05, 0.1) is 16.0 Å². The second-order valence-corrected chi connectivity index (χ2v) is 7.49. The van der Waals surface area contributed by atoms with Crippen molar-refractivity contribution in [3.63, 3.8) is 0 Å². The number of nitrogens with two attached hydrogens (primary N) is 1. The maximum absolute atomic E-state index is 9.40. The van der Waals surface area contributed by atoms with E-state index in [2.05, 4.69) is 22.2 Å². The highest BCUT2D eigenvalue weighted by Crippen LogP contribution is 2.31. The third-order valence-electron chi connectivity index (χ3n) is 3.47. The fraction of sp³-hybridized carbons (Fsp3) is 0.222. The van der Waals surface area contributed by atoms with Gasteiger partial charge in [0.1, 0.15) is 22.5 Å². The largest absolute Gasteiger partial charge is 0.506 e. The van der Waals surface area contributed by atoms with E-state index in [1.54, 1.807) is 6.07 Å². The lowest BCUT2D eigenvalue weighted by Crippen LogP contribution is -1.95. The summed E-state index contributed by atoms with van der Waals surface area (Å²) in [5.74, 6) is 1.07. The molecule has 0 saturated carbocycles. The number of phenolic OH excluding ortho intramolecular Hbond substituents is 1. The molecular weight excluding hydrogens is 368 g/mol. The minimum absolute atomic E-state index is 0.241. The zero-order valence-electron chi connectivity index (χ0n) is 14.5. The fourth-order valence-electron chi connectivity index (χ4n) is 2.31. The molecule has 0 unspecified atom stereocenters. The second kappa shape index (κ2) is 8.20. The average Bonchev–Trinajstić information content (AvgIpc) is 3.23. The number of aromatic nitrogens is 2. The number of nitrogens with zero attached hydrogens (tertiary/aromatic N) is 2. The minimum Gasteiger partial charge on any atom is -0.506 e. The van der Waals surface area contributed by atoms with Crippen LogP contribution in [0.4, 0.5) is 10.3 Å². The summed E-state index contributed by atoms with van der Waals surface area (Å²) in [6, 6.07) is 11.3. The summed E-state index contributed by atoms with van der Waals surface area (Å²) < 4.78 is 7.65. The van der Waals surface area contributed by atoms with Gasteiger partial charge in [0, 0.05) is 7.05 Å². The minimum atomic E-state index is 0.241. The van der Waals surface area contributed by atoms with Gasteiger partial charge < -0.3 is 20.9 Å². The Kier molecular flexibility index (Phi) is 5.75. The van der Waals surface area contributed by atoms with E-state index in [-0.39, 0.29) is 5.75 Å². The number of thiazole rings is 2. The van der Waals surface area contributed by atoms with Crippen molar-refractivity contribution in [2.75, 3.05) is 24.7 Å². The van der Waals surface area contributed by atoms with Crippen molar-refractivity contribution >= 4 is 53.4 Å². The van der Waals surface area contributed by atoms with E-state index in [9.17, 15) is 5.11 Å². The summed E-state index contributed by atoms with van der Waals surface area (Å²) in [5, 5.41) is 13.8. The Labute approximate surface area is 159 Å². The number of hydrogen-bond acceptors (Lipinski definition) is 8. The molecule has 0 spiro atoms. The number of benzene rings is 2. The first-order valence-electron chi connectivity index (χ1n) is 8.16. The Morgan fingerprint density at radius 3 is 2.50 bits per heavy atom. The monoisotopic (exact) mass is 388 g/mol. The quantitative estimate of drug-likeness (QED) is 0.469. The highest BCUT2D eigenvalue weighted by Gasteiger charge is 2.06. The van der Waals surface area contributed by atoms with E-state index in [0.29, 0.717) is 10.6 Å². The molecule has 0 aliphatic carbocycles. The van der Waals surface area contributed by atoms with Crippen molar-refractivity contribution in [1.82, 2.24) is 9.97 Å². The number of anilines is 2. The van der Waals surface area contributed by atoms with Gasteiger partial charge in [-0.2, -0.15) is 0 Å². The zero-order valence-corrected chi connectivity index (χ0v) is 16.2. The maximum atomic E-state index is 9.40. The van der Waals surface area contributed by atoms with Gasteiger partial charge in [-0.05, 0) is 30.7 Å². The van der Waals surface area contributed by atoms with Gasteiger partial charge in [-0.1, -0.05) is 41.7 Å². The molecule has 26 heavy (non-hydrogen) atoms. The molecule has 136 valence electrons. The van der Waals surface area contributed by atoms with Crippen LogP contribution in [0.15, 0.2) is 36.4 Å². The first-order valence-corrected chi connectivity index (χ1v) is 9.79. The molecule has 0 fully saturated rings. The fourth-order valence-corrected chi connectivity index (χ4v) is 3.90. The lowest BCUT2D eigenvalue weighted by molar-refractivity contribution is 0.320. The molecule has 2 aromatic carbocycles. The van der Waals surface area contributed by atoms with Crippen LogP contribution in [0.25, 0.3) is 20.4 Å². The molecule has 4 rings (SSSR count). The van der Waals surface area contributed by atoms with Crippen molar-refractivity contribution < 1.29 is 9.84 Å². The Bertz CT molecular complexity index is 1010. The van der Waals surface area contributed by atoms with E-state index in [0.717, 1.165) is 38.8 Å². The number of nitrogens with one attached hydrogen (secondary N) is 1. The number of aromatic hydroxyl groups is 1. The molecule has 0 saturated heterocycles. The van der Waals surface area contributed by atoms with Crippen LogP contribution in [-0.2, 0) is 0 Å². The molecule has 6 nitrogen and oxygen atoms in total. The molecule has 0 amide bonds. The topological polar surface area (TPSA) is 93.3 Å². The first kappa shape index (κ1) is 18.2. The van der Waals surface area contributed by atoms with Crippen LogP contribution >= 0.6 is 22.7 Å². The van der Waals surface area contributed by atoms with Crippen LogP contribution in [-0.4, -0.2) is 28.7 Å². The first-order chi connectivity index (χ1) is 12.6. The predicted octanol–water partition coefficient (Wildman–Crippen LogP) is 4.71. The standard InChI is InChI=1S/C10H12N2OS.C8H8N2OS/c1-2-6-13-7-4-3-5-8-9(7)12-10(11)14-8;1-9-8-10-7-5(11)3-2-4-6(7)12-8/h3-5H,2,6H2,1H3,(H2,11,12);2-4,11H,1H3,(H,9,10). The number of phenols is 1. The van der Waals surface area contributed by atoms with Crippen LogP contribution in [0.3, 0.4) is 0 Å². The van der Waals surface area contributed by atoms with Crippen LogP contribution in [0.2, 0.25) is 0 Å². The summed E-state index contributed by atoms with van der Waals surface area (Å²) in [6.07, 6.45) is 0.996. The summed E-state index contributed by atoms with van der Waals surface area (Å²) in [6.45, 7) is 2.80. The molecule has 0 atom stereocenters. The highest BCUT2D eigenvalue weighted by atomic mass is 32.1. The SMILES string of the molecule is CCCOc1cccc2sc(N)nc12.CNc1nc2c(O)cccc2s1. The van der Waals surface area contributed by atoms with E-state index < -0.39 is 0 Å². The van der Waals surface area contributed by atoms with Gasteiger partial charge in [-0.25, -0.2) is 9.97 Å². The Morgan fingerprint density at radius 1 is 1.08 bits per heavy atom. The van der Waals surface area contributed by atoms with Gasteiger partial charge in [-0.3, -0.25) is 0 Å². The number of rotatable bonds is 4. The van der Waals surface area contributed by atoms with Crippen molar-refractivity contribution in [3.05, 3.63) is 36.4 Å². The Balaban J connectivity index is 0.000000152. The molecule has 0 radical (unpaired) electrons. The molecule has 4 aromatic rings. The molecular formula is C18H20N4O2S2. The number of ether oxygens (including phenoxy) is 1. The van der Waals surface area contributed by atoms with Crippen molar-refractivity contribution in [2.24, 2.45) is 0 Å². The molecule has 0 aliphatic heterocycles. The van der Waals surface area contributed by atoms with Crippen LogP contribution in [0.1, 0.15) is 13.3 Å². The third kappa shape index (κ3) is 3.97. The maximum Gasteiger partial charge on any atom is 0.183 e. The number of nitrogen functional groups attached to an aromatic ring is 1. The third-order valence-corrected chi connectivity index (χ3v) is 5.36. The van der Waals surface area contributed by atoms with Gasteiger partial charge in [0.15, 0.2) is 10.3 Å². The van der Waals surface area contributed by atoms with Gasteiger partial charge in [-0.15, -0.1) is 0 Å². The molecule has 2 heterocycles. The molecule has 2 aromatic heterocycles. The van der Waals surface area contributed by atoms with Crippen molar-refractivity contribution in [3.8, 4) is 11.5 Å².